The highest BCUT2D eigenvalue weighted by atomic mass is 19.4. The summed E-state index contributed by atoms with van der Waals surface area (Å²) >= 11 is 0. The van der Waals surface area contributed by atoms with E-state index < -0.39 is 35.7 Å². The van der Waals surface area contributed by atoms with E-state index in [0.717, 1.165) is 12.1 Å². The summed E-state index contributed by atoms with van der Waals surface area (Å²) in [6.07, 6.45) is -11.1. The molecule has 0 saturated carbocycles. The molecule has 0 heterocycles. The molecule has 0 fully saturated rings. The van der Waals surface area contributed by atoms with E-state index in [1.165, 1.54) is 0 Å². The van der Waals surface area contributed by atoms with Crippen molar-refractivity contribution in [3.63, 3.8) is 0 Å². The first kappa shape index (κ1) is 18.4. The number of alkyl halides is 10. The summed E-state index contributed by atoms with van der Waals surface area (Å²) in [6, 6.07) is 2.79. The Kier molecular flexibility index (Phi) is 4.34. The minimum absolute atomic E-state index is 0.373. The molecule has 2 N–H and O–H groups in total. The van der Waals surface area contributed by atoms with Gasteiger partial charge in [0.15, 0.2) is 6.17 Å². The first-order valence-corrected chi connectivity index (χ1v) is 5.36. The molecule has 0 spiro atoms. The highest BCUT2D eigenvalue weighted by molar-refractivity contribution is 5.42. The van der Waals surface area contributed by atoms with E-state index in [-0.39, 0.29) is 5.69 Å². The third-order valence-electron chi connectivity index (χ3n) is 2.69. The number of rotatable bonds is 4. The second kappa shape index (κ2) is 5.20. The average molecular weight is 343 g/mol. The van der Waals surface area contributed by atoms with Crippen molar-refractivity contribution < 1.29 is 43.9 Å². The van der Waals surface area contributed by atoms with E-state index in [9.17, 15) is 43.9 Å². The summed E-state index contributed by atoms with van der Waals surface area (Å²) in [5.74, 6) is -20.5. The molecule has 0 aliphatic rings. The molecule has 11 heteroatoms. The molecule has 0 radical (unpaired) electrons. The number of hydrogen-bond donors (Lipinski definition) is 1. The Balaban J connectivity index is 3.32. The summed E-state index contributed by atoms with van der Waals surface area (Å²) in [6.45, 7) is 0. The van der Waals surface area contributed by atoms with Gasteiger partial charge in [0, 0.05) is 5.69 Å². The Morgan fingerprint density at radius 1 is 0.818 bits per heavy atom. The Hall–Kier alpha value is -1.68. The Labute approximate surface area is 116 Å². The normalized spacial score (nSPS) is 15.7. The van der Waals surface area contributed by atoms with Gasteiger partial charge in [0.05, 0.1) is 0 Å². The molecule has 1 aromatic rings. The molecule has 0 aliphatic carbocycles. The standard InChI is InChI=1S/C11H7F10N/c12-7(5-2-1-3-6(22)4-5)8(13,14)9(15,16)10(17,18)11(19,20)21/h1-4,7H,22H2. The van der Waals surface area contributed by atoms with Gasteiger partial charge in [-0.15, -0.1) is 0 Å². The van der Waals surface area contributed by atoms with Crippen LogP contribution in [0, 0.1) is 0 Å². The van der Waals surface area contributed by atoms with Crippen molar-refractivity contribution in [3.8, 4) is 0 Å². The van der Waals surface area contributed by atoms with Gasteiger partial charge in [-0.2, -0.15) is 39.5 Å². The largest absolute Gasteiger partial charge is 0.460 e. The number of halogens is 10. The minimum Gasteiger partial charge on any atom is -0.399 e. The van der Waals surface area contributed by atoms with E-state index in [4.69, 9.17) is 5.73 Å². The van der Waals surface area contributed by atoms with Crippen LogP contribution in [0.1, 0.15) is 11.7 Å². The molecule has 1 atom stereocenters. The zero-order chi connectivity index (χ0) is 17.6. The van der Waals surface area contributed by atoms with E-state index in [1.807, 2.05) is 0 Å². The predicted octanol–water partition coefficient (Wildman–Crippen LogP) is 4.75. The molecule has 0 aromatic heterocycles. The first-order valence-electron chi connectivity index (χ1n) is 5.36. The molecular formula is C11H7F10N. The SMILES string of the molecule is Nc1cccc(C(F)C(F)(F)C(F)(F)C(F)(F)C(F)(F)F)c1. The van der Waals surface area contributed by atoms with Gasteiger partial charge in [-0.25, -0.2) is 4.39 Å². The second-order valence-corrected chi connectivity index (χ2v) is 4.30. The summed E-state index contributed by atoms with van der Waals surface area (Å²) in [5.41, 5.74) is 3.44. The van der Waals surface area contributed by atoms with Crippen molar-refractivity contribution in [2.24, 2.45) is 0 Å². The quantitative estimate of drug-likeness (QED) is 0.620. The summed E-state index contributed by atoms with van der Waals surface area (Å²) < 4.78 is 127. The van der Waals surface area contributed by atoms with E-state index in [2.05, 4.69) is 0 Å². The van der Waals surface area contributed by atoms with Gasteiger partial charge in [0.25, 0.3) is 0 Å². The van der Waals surface area contributed by atoms with Crippen LogP contribution in [0.3, 0.4) is 0 Å². The van der Waals surface area contributed by atoms with Crippen LogP contribution >= 0.6 is 0 Å². The Bertz CT molecular complexity index is 536. The van der Waals surface area contributed by atoms with Gasteiger partial charge in [-0.05, 0) is 17.7 Å². The van der Waals surface area contributed by atoms with Gasteiger partial charge < -0.3 is 5.73 Å². The maximum Gasteiger partial charge on any atom is 0.460 e. The van der Waals surface area contributed by atoms with Crippen LogP contribution in [0.15, 0.2) is 24.3 Å². The molecule has 22 heavy (non-hydrogen) atoms. The lowest BCUT2D eigenvalue weighted by Crippen LogP contribution is -2.62. The molecule has 126 valence electrons. The summed E-state index contributed by atoms with van der Waals surface area (Å²) in [4.78, 5) is 0. The predicted molar refractivity (Wildman–Crippen MR) is 55.6 cm³/mol. The third kappa shape index (κ3) is 2.68. The van der Waals surface area contributed by atoms with Gasteiger partial charge in [-0.1, -0.05) is 12.1 Å². The summed E-state index contributed by atoms with van der Waals surface area (Å²) in [7, 11) is 0. The number of anilines is 1. The maximum atomic E-state index is 13.5. The zero-order valence-electron chi connectivity index (χ0n) is 10.2. The van der Waals surface area contributed by atoms with Crippen molar-refractivity contribution in [2.45, 2.75) is 30.1 Å². The number of hydrogen-bond acceptors (Lipinski definition) is 1. The monoisotopic (exact) mass is 343 g/mol. The van der Waals surface area contributed by atoms with Gasteiger partial charge in [0.1, 0.15) is 0 Å². The van der Waals surface area contributed by atoms with Crippen LogP contribution < -0.4 is 5.73 Å². The van der Waals surface area contributed by atoms with Crippen molar-refractivity contribution in [1.82, 2.24) is 0 Å². The zero-order valence-corrected chi connectivity index (χ0v) is 10.2. The molecule has 0 saturated heterocycles. The maximum absolute atomic E-state index is 13.5. The molecule has 1 nitrogen and oxygen atoms in total. The number of benzene rings is 1. The molecular weight excluding hydrogens is 336 g/mol. The topological polar surface area (TPSA) is 26.0 Å². The highest BCUT2D eigenvalue weighted by Crippen LogP contribution is 2.57. The molecule has 1 unspecified atom stereocenters. The molecule has 0 amide bonds. The fourth-order valence-electron chi connectivity index (χ4n) is 1.47. The van der Waals surface area contributed by atoms with Crippen LogP contribution in [0.5, 0.6) is 0 Å². The van der Waals surface area contributed by atoms with Crippen LogP contribution in [0.25, 0.3) is 0 Å². The smallest absolute Gasteiger partial charge is 0.399 e. The van der Waals surface area contributed by atoms with Crippen LogP contribution in [0.4, 0.5) is 49.6 Å². The fraction of sp³-hybridized carbons (Fsp3) is 0.455. The van der Waals surface area contributed by atoms with Crippen molar-refractivity contribution in [1.29, 1.82) is 0 Å². The molecule has 1 aromatic carbocycles. The van der Waals surface area contributed by atoms with Crippen LogP contribution in [0.2, 0.25) is 0 Å². The summed E-state index contributed by atoms with van der Waals surface area (Å²) in [5, 5.41) is 0. The fourth-order valence-corrected chi connectivity index (χ4v) is 1.47. The van der Waals surface area contributed by atoms with Crippen molar-refractivity contribution >= 4 is 5.69 Å². The second-order valence-electron chi connectivity index (χ2n) is 4.30. The van der Waals surface area contributed by atoms with Gasteiger partial charge in [0.2, 0.25) is 0 Å². The third-order valence-corrected chi connectivity index (χ3v) is 2.69. The average Bonchev–Trinajstić information content (AvgIpc) is 2.35. The lowest BCUT2D eigenvalue weighted by Gasteiger charge is -2.35. The number of nitrogen functional groups attached to an aromatic ring is 1. The van der Waals surface area contributed by atoms with Crippen molar-refractivity contribution in [3.05, 3.63) is 29.8 Å². The van der Waals surface area contributed by atoms with E-state index >= 15 is 0 Å². The Morgan fingerprint density at radius 2 is 1.32 bits per heavy atom. The molecule has 1 rings (SSSR count). The van der Waals surface area contributed by atoms with Gasteiger partial charge >= 0.3 is 23.9 Å². The highest BCUT2D eigenvalue weighted by Gasteiger charge is 2.83. The first-order chi connectivity index (χ1) is 9.66. The lowest BCUT2D eigenvalue weighted by molar-refractivity contribution is -0.403. The molecule has 0 bridgehead atoms. The van der Waals surface area contributed by atoms with Crippen LogP contribution in [-0.2, 0) is 0 Å². The van der Waals surface area contributed by atoms with Crippen molar-refractivity contribution in [2.75, 3.05) is 5.73 Å². The lowest BCUT2D eigenvalue weighted by atomic mass is 9.95. The molecule has 0 aliphatic heterocycles. The van der Waals surface area contributed by atoms with Crippen LogP contribution in [-0.4, -0.2) is 23.9 Å². The minimum atomic E-state index is -7.13. The van der Waals surface area contributed by atoms with E-state index in [0.29, 0.717) is 12.1 Å². The Morgan fingerprint density at radius 3 is 1.73 bits per heavy atom. The number of nitrogens with two attached hydrogens (primary N) is 1. The van der Waals surface area contributed by atoms with E-state index in [1.54, 1.807) is 0 Å². The van der Waals surface area contributed by atoms with Gasteiger partial charge in [-0.3, -0.25) is 0 Å².